The third-order valence-corrected chi connectivity index (χ3v) is 4.31. The van der Waals surface area contributed by atoms with Gasteiger partial charge in [-0.2, -0.15) is 0 Å². The van der Waals surface area contributed by atoms with Crippen LogP contribution >= 0.6 is 0 Å². The van der Waals surface area contributed by atoms with Crippen molar-refractivity contribution in [1.82, 2.24) is 14.4 Å². The zero-order valence-electron chi connectivity index (χ0n) is 12.5. The number of hydrogen-bond donors (Lipinski definition) is 1. The number of likely N-dealkylation sites (N-methyl/N-ethyl adjacent to an activating group) is 1. The number of fused-ring (bicyclic) bond motifs is 1. The Morgan fingerprint density at radius 3 is 2.57 bits per heavy atom. The van der Waals surface area contributed by atoms with E-state index in [1.54, 1.807) is 6.07 Å². The Morgan fingerprint density at radius 1 is 1.19 bits per heavy atom. The maximum absolute atomic E-state index is 11.5. The highest BCUT2D eigenvalue weighted by molar-refractivity contribution is 6.04. The van der Waals surface area contributed by atoms with Gasteiger partial charge in [-0.15, -0.1) is 0 Å². The van der Waals surface area contributed by atoms with Crippen LogP contribution in [0.15, 0.2) is 24.4 Å². The summed E-state index contributed by atoms with van der Waals surface area (Å²) in [5.74, 6) is -0.855. The second-order valence-electron chi connectivity index (χ2n) is 5.85. The van der Waals surface area contributed by atoms with Crippen LogP contribution in [0.2, 0.25) is 0 Å². The molecule has 2 heterocycles. The Labute approximate surface area is 124 Å². The fourth-order valence-electron chi connectivity index (χ4n) is 3.08. The fourth-order valence-corrected chi connectivity index (χ4v) is 3.08. The summed E-state index contributed by atoms with van der Waals surface area (Å²) in [5.41, 5.74) is 2.49. The van der Waals surface area contributed by atoms with Crippen molar-refractivity contribution in [3.8, 4) is 0 Å². The molecular weight excluding hydrogens is 266 g/mol. The fraction of sp³-hybridized carbons (Fsp3) is 0.438. The van der Waals surface area contributed by atoms with Crippen LogP contribution < -0.4 is 0 Å². The van der Waals surface area contributed by atoms with Gasteiger partial charge >= 0.3 is 5.97 Å². The largest absolute Gasteiger partial charge is 0.478 e. The van der Waals surface area contributed by atoms with Crippen LogP contribution in [0.5, 0.6) is 0 Å². The average molecular weight is 287 g/mol. The molecule has 0 atom stereocenters. The van der Waals surface area contributed by atoms with Gasteiger partial charge in [0, 0.05) is 56.9 Å². The lowest BCUT2D eigenvalue weighted by molar-refractivity contribution is 0.0699. The van der Waals surface area contributed by atoms with E-state index in [-0.39, 0.29) is 0 Å². The Morgan fingerprint density at radius 2 is 1.90 bits per heavy atom. The number of nitrogens with zero attached hydrogens (tertiary/aromatic N) is 3. The number of rotatable bonds is 3. The molecule has 1 aliphatic rings. The molecule has 1 aliphatic heterocycles. The predicted molar refractivity (Wildman–Crippen MR) is 82.7 cm³/mol. The van der Waals surface area contributed by atoms with E-state index in [1.165, 1.54) is 0 Å². The van der Waals surface area contributed by atoms with E-state index in [0.717, 1.165) is 49.2 Å². The van der Waals surface area contributed by atoms with E-state index in [1.807, 2.05) is 23.7 Å². The first-order chi connectivity index (χ1) is 10.1. The summed E-state index contributed by atoms with van der Waals surface area (Å²) in [6.07, 6.45) is 2.06. The molecule has 0 bridgehead atoms. The summed E-state index contributed by atoms with van der Waals surface area (Å²) in [4.78, 5) is 16.2. The Balaban J connectivity index is 1.96. The van der Waals surface area contributed by atoms with Crippen LogP contribution in [0.4, 0.5) is 0 Å². The molecule has 1 aromatic carbocycles. The van der Waals surface area contributed by atoms with Crippen LogP contribution in [-0.2, 0) is 13.6 Å². The van der Waals surface area contributed by atoms with Crippen molar-refractivity contribution in [1.29, 1.82) is 0 Å². The molecule has 1 aromatic heterocycles. The van der Waals surface area contributed by atoms with Crippen molar-refractivity contribution in [2.75, 3.05) is 33.2 Å². The molecule has 0 unspecified atom stereocenters. The highest BCUT2D eigenvalue weighted by Gasteiger charge is 2.19. The number of carbonyl (C=O) groups is 1. The molecule has 112 valence electrons. The average Bonchev–Trinajstić information content (AvgIpc) is 2.78. The number of aromatic nitrogens is 1. The number of aryl methyl sites for hydroxylation is 1. The number of benzene rings is 1. The molecule has 5 heteroatoms. The Hall–Kier alpha value is -1.85. The molecule has 5 nitrogen and oxygen atoms in total. The molecule has 0 spiro atoms. The molecule has 1 N–H and O–H groups in total. The predicted octanol–water partition coefficient (Wildman–Crippen LogP) is 1.62. The van der Waals surface area contributed by atoms with Crippen LogP contribution in [0.25, 0.3) is 10.9 Å². The number of hydrogen-bond acceptors (Lipinski definition) is 3. The van der Waals surface area contributed by atoms with Crippen LogP contribution in [0.1, 0.15) is 15.9 Å². The molecule has 21 heavy (non-hydrogen) atoms. The summed E-state index contributed by atoms with van der Waals surface area (Å²) >= 11 is 0. The first kappa shape index (κ1) is 14.1. The van der Waals surface area contributed by atoms with E-state index in [4.69, 9.17) is 0 Å². The molecule has 0 aliphatic carbocycles. The molecule has 0 radical (unpaired) electrons. The van der Waals surface area contributed by atoms with Gasteiger partial charge in [-0.05, 0) is 24.7 Å². The number of aromatic carboxylic acids is 1. The van der Waals surface area contributed by atoms with Gasteiger partial charge in [-0.1, -0.05) is 6.07 Å². The Kier molecular flexibility index (Phi) is 3.69. The first-order valence-corrected chi connectivity index (χ1v) is 7.27. The second-order valence-corrected chi connectivity index (χ2v) is 5.85. The summed E-state index contributed by atoms with van der Waals surface area (Å²) < 4.78 is 2.02. The number of piperazine rings is 1. The monoisotopic (exact) mass is 287 g/mol. The number of carboxylic acids is 1. The SMILES string of the molecule is CN1CCN(Cc2cn(C)c3cccc(C(=O)O)c23)CC1. The van der Waals surface area contributed by atoms with E-state index in [2.05, 4.69) is 23.0 Å². The topological polar surface area (TPSA) is 48.7 Å². The standard InChI is InChI=1S/C16H21N3O2/c1-17-6-8-19(9-7-17)11-12-10-18(2)14-5-3-4-13(15(12)14)16(20)21/h3-5,10H,6-9,11H2,1-2H3,(H,20,21). The van der Waals surface area contributed by atoms with E-state index < -0.39 is 5.97 Å². The molecule has 0 saturated carbocycles. The lowest BCUT2D eigenvalue weighted by Gasteiger charge is -2.32. The zero-order chi connectivity index (χ0) is 15.0. The molecular formula is C16H21N3O2. The van der Waals surface area contributed by atoms with Crippen LogP contribution in [0, 0.1) is 0 Å². The second kappa shape index (κ2) is 5.50. The minimum Gasteiger partial charge on any atom is -0.478 e. The summed E-state index contributed by atoms with van der Waals surface area (Å²) in [7, 11) is 4.11. The molecule has 3 rings (SSSR count). The number of carboxylic acid groups (broad SMARTS) is 1. The van der Waals surface area contributed by atoms with Crippen molar-refractivity contribution >= 4 is 16.9 Å². The van der Waals surface area contributed by atoms with E-state index in [9.17, 15) is 9.90 Å². The van der Waals surface area contributed by atoms with Gasteiger partial charge in [0.25, 0.3) is 0 Å². The lowest BCUT2D eigenvalue weighted by Crippen LogP contribution is -2.43. The Bertz CT molecular complexity index is 669. The quantitative estimate of drug-likeness (QED) is 0.932. The minimum absolute atomic E-state index is 0.400. The van der Waals surface area contributed by atoms with Crippen LogP contribution in [-0.4, -0.2) is 58.7 Å². The lowest BCUT2D eigenvalue weighted by atomic mass is 10.1. The highest BCUT2D eigenvalue weighted by atomic mass is 16.4. The van der Waals surface area contributed by atoms with Gasteiger partial charge in [-0.3, -0.25) is 4.90 Å². The van der Waals surface area contributed by atoms with Crippen molar-refractivity contribution in [2.24, 2.45) is 7.05 Å². The van der Waals surface area contributed by atoms with Crippen molar-refractivity contribution < 1.29 is 9.90 Å². The maximum atomic E-state index is 11.5. The summed E-state index contributed by atoms with van der Waals surface area (Å²) in [6, 6.07) is 5.48. The van der Waals surface area contributed by atoms with Crippen molar-refractivity contribution in [2.45, 2.75) is 6.54 Å². The normalized spacial score (nSPS) is 17.4. The van der Waals surface area contributed by atoms with Crippen molar-refractivity contribution in [3.63, 3.8) is 0 Å². The van der Waals surface area contributed by atoms with Gasteiger partial charge in [-0.25, -0.2) is 4.79 Å². The third kappa shape index (κ3) is 2.66. The molecule has 1 saturated heterocycles. The summed E-state index contributed by atoms with van der Waals surface area (Å²) in [5, 5.41) is 10.3. The zero-order valence-corrected chi connectivity index (χ0v) is 12.5. The molecule has 2 aromatic rings. The molecule has 0 amide bonds. The third-order valence-electron chi connectivity index (χ3n) is 4.31. The first-order valence-electron chi connectivity index (χ1n) is 7.27. The van der Waals surface area contributed by atoms with Crippen molar-refractivity contribution in [3.05, 3.63) is 35.5 Å². The van der Waals surface area contributed by atoms with Gasteiger partial charge in [0.15, 0.2) is 0 Å². The van der Waals surface area contributed by atoms with Gasteiger partial charge in [0.1, 0.15) is 0 Å². The maximum Gasteiger partial charge on any atom is 0.336 e. The van der Waals surface area contributed by atoms with Gasteiger partial charge in [0.05, 0.1) is 5.56 Å². The smallest absolute Gasteiger partial charge is 0.336 e. The van der Waals surface area contributed by atoms with E-state index >= 15 is 0 Å². The van der Waals surface area contributed by atoms with Gasteiger partial charge < -0.3 is 14.6 Å². The van der Waals surface area contributed by atoms with E-state index in [0.29, 0.717) is 5.56 Å². The minimum atomic E-state index is -0.855. The molecule has 1 fully saturated rings. The summed E-state index contributed by atoms with van der Waals surface area (Å²) in [6.45, 7) is 5.01. The van der Waals surface area contributed by atoms with Crippen LogP contribution in [0.3, 0.4) is 0 Å². The van der Waals surface area contributed by atoms with Gasteiger partial charge in [0.2, 0.25) is 0 Å². The highest BCUT2D eigenvalue weighted by Crippen LogP contribution is 2.26.